The van der Waals surface area contributed by atoms with Crippen LogP contribution in [0.15, 0.2) is 21.9 Å². The van der Waals surface area contributed by atoms with Gasteiger partial charge in [-0.25, -0.2) is 9.36 Å². The maximum Gasteiger partial charge on any atom is 0.333 e. The van der Waals surface area contributed by atoms with E-state index < -0.39 is 11.2 Å². The number of H-pyrrole nitrogens is 1. The maximum atomic E-state index is 10.7. The van der Waals surface area contributed by atoms with E-state index in [1.807, 2.05) is 0 Å². The van der Waals surface area contributed by atoms with Crippen molar-refractivity contribution in [1.29, 1.82) is 0 Å². The zero-order valence-electron chi connectivity index (χ0n) is 4.90. The normalized spacial score (nSPS) is 9.20. The summed E-state index contributed by atoms with van der Waals surface area (Å²) in [6.45, 7) is 0. The second kappa shape index (κ2) is 2.57. The molecule has 0 amide bonds. The van der Waals surface area contributed by atoms with E-state index in [2.05, 4.69) is 17.2 Å². The van der Waals surface area contributed by atoms with Crippen molar-refractivity contribution in [2.24, 2.45) is 0 Å². The lowest BCUT2D eigenvalue weighted by atomic mass is 10.6. The number of aromatic nitrogens is 2. The zero-order valence-corrected chi connectivity index (χ0v) is 5.72. The minimum atomic E-state index is -0.512. The quantitative estimate of drug-likeness (QED) is 0.549. The SMILES string of the molecule is O=c1cc[nH]c(=O)n1C=S. The molecule has 1 aromatic heterocycles. The average molecular weight is 156 g/mol. The van der Waals surface area contributed by atoms with Crippen LogP contribution in [0, 0.1) is 0 Å². The molecule has 1 N–H and O–H groups in total. The minimum Gasteiger partial charge on any atom is -0.314 e. The lowest BCUT2D eigenvalue weighted by Crippen LogP contribution is -2.32. The van der Waals surface area contributed by atoms with Crippen molar-refractivity contribution in [3.63, 3.8) is 0 Å². The van der Waals surface area contributed by atoms with Gasteiger partial charge < -0.3 is 4.98 Å². The molecule has 0 aromatic carbocycles. The van der Waals surface area contributed by atoms with Crippen molar-refractivity contribution in [2.75, 3.05) is 0 Å². The number of thiocarbonyl (C=S) groups is 1. The van der Waals surface area contributed by atoms with Crippen LogP contribution < -0.4 is 11.2 Å². The summed E-state index contributed by atoms with van der Waals surface area (Å²) in [6, 6.07) is 1.23. The van der Waals surface area contributed by atoms with Gasteiger partial charge in [0.2, 0.25) is 0 Å². The van der Waals surface area contributed by atoms with Gasteiger partial charge in [0.25, 0.3) is 5.56 Å². The van der Waals surface area contributed by atoms with Crippen molar-refractivity contribution in [2.45, 2.75) is 0 Å². The molecule has 0 fully saturated rings. The molecule has 52 valence electrons. The van der Waals surface area contributed by atoms with E-state index in [1.165, 1.54) is 12.3 Å². The maximum absolute atomic E-state index is 10.7. The summed E-state index contributed by atoms with van der Waals surface area (Å²) in [5.41, 5.74) is 0.0718. The van der Waals surface area contributed by atoms with Crippen molar-refractivity contribution >= 4 is 17.7 Å². The van der Waals surface area contributed by atoms with Gasteiger partial charge in [-0.3, -0.25) is 4.79 Å². The fourth-order valence-corrected chi connectivity index (χ4v) is 0.734. The van der Waals surface area contributed by atoms with E-state index in [0.29, 0.717) is 0 Å². The fourth-order valence-electron chi connectivity index (χ4n) is 0.534. The molecule has 0 radical (unpaired) electrons. The van der Waals surface area contributed by atoms with Crippen LogP contribution in [0.25, 0.3) is 0 Å². The Kier molecular flexibility index (Phi) is 1.77. The van der Waals surface area contributed by atoms with Crippen LogP contribution in [0.3, 0.4) is 0 Å². The molecule has 0 atom stereocenters. The highest BCUT2D eigenvalue weighted by molar-refractivity contribution is 7.78. The van der Waals surface area contributed by atoms with E-state index in [0.717, 1.165) is 10.1 Å². The van der Waals surface area contributed by atoms with Crippen LogP contribution in [0.2, 0.25) is 0 Å². The average Bonchev–Trinajstić information content (AvgIpc) is 1.88. The molecule has 0 aliphatic carbocycles. The van der Waals surface area contributed by atoms with Crippen molar-refractivity contribution in [1.82, 2.24) is 9.55 Å². The van der Waals surface area contributed by atoms with E-state index >= 15 is 0 Å². The Morgan fingerprint density at radius 2 is 2.30 bits per heavy atom. The molecule has 1 aromatic rings. The van der Waals surface area contributed by atoms with E-state index in [4.69, 9.17) is 0 Å². The Balaban J connectivity index is 3.61. The van der Waals surface area contributed by atoms with Gasteiger partial charge in [-0.2, -0.15) is 0 Å². The predicted octanol–water partition coefficient (Wildman–Crippen LogP) is -0.658. The number of aromatic amines is 1. The number of nitrogens with one attached hydrogen (secondary N) is 1. The summed E-state index contributed by atoms with van der Waals surface area (Å²) in [6.07, 6.45) is 1.28. The van der Waals surface area contributed by atoms with Gasteiger partial charge in [0.1, 0.15) is 0 Å². The Labute approximate surface area is 61.1 Å². The third kappa shape index (κ3) is 1.03. The summed E-state index contributed by atoms with van der Waals surface area (Å²) in [5, 5.41) is 0. The third-order valence-corrected chi connectivity index (χ3v) is 1.21. The van der Waals surface area contributed by atoms with Crippen LogP contribution in [0.1, 0.15) is 0 Å². The standard InChI is InChI=1S/C5H4N2O2S/c8-4-1-2-6-5(9)7(4)3-10/h1-3H,(H,6,9). The summed E-state index contributed by atoms with van der Waals surface area (Å²) in [4.78, 5) is 23.7. The molecule has 1 rings (SSSR count). The highest BCUT2D eigenvalue weighted by Gasteiger charge is 1.92. The predicted molar refractivity (Wildman–Crippen MR) is 40.4 cm³/mol. The smallest absolute Gasteiger partial charge is 0.314 e. The molecule has 0 spiro atoms. The molecule has 5 heteroatoms. The van der Waals surface area contributed by atoms with Crippen LogP contribution in [0.4, 0.5) is 0 Å². The first-order valence-corrected chi connectivity index (χ1v) is 2.98. The van der Waals surface area contributed by atoms with Crippen molar-refractivity contribution < 1.29 is 0 Å². The lowest BCUT2D eigenvalue weighted by Gasteiger charge is -1.89. The highest BCUT2D eigenvalue weighted by atomic mass is 32.1. The molecule has 0 bridgehead atoms. The topological polar surface area (TPSA) is 54.9 Å². The largest absolute Gasteiger partial charge is 0.333 e. The summed E-state index contributed by atoms with van der Waals surface area (Å²) < 4.78 is 0.815. The van der Waals surface area contributed by atoms with Gasteiger partial charge in [-0.05, 0) is 0 Å². The minimum absolute atomic E-state index is 0.418. The first kappa shape index (κ1) is 6.88. The van der Waals surface area contributed by atoms with Crippen molar-refractivity contribution in [3.8, 4) is 0 Å². The second-order valence-corrected chi connectivity index (χ2v) is 1.81. The lowest BCUT2D eigenvalue weighted by molar-refractivity contribution is 0.948. The molecule has 0 saturated heterocycles. The third-order valence-electron chi connectivity index (χ3n) is 0.994. The van der Waals surface area contributed by atoms with Gasteiger partial charge in [-0.15, -0.1) is 0 Å². The van der Waals surface area contributed by atoms with Crippen LogP contribution in [-0.2, 0) is 0 Å². The summed E-state index contributed by atoms with van der Waals surface area (Å²) >= 11 is 4.41. The van der Waals surface area contributed by atoms with Gasteiger partial charge in [0.05, 0.1) is 5.49 Å². The Morgan fingerprint density at radius 3 is 2.70 bits per heavy atom. The summed E-state index contributed by atoms with van der Waals surface area (Å²) in [5.74, 6) is 0. The Bertz CT molecular complexity index is 323. The van der Waals surface area contributed by atoms with Crippen LogP contribution in [0.5, 0.6) is 0 Å². The van der Waals surface area contributed by atoms with Gasteiger partial charge in [-0.1, -0.05) is 12.2 Å². The van der Waals surface area contributed by atoms with Gasteiger partial charge in [0, 0.05) is 12.3 Å². The van der Waals surface area contributed by atoms with E-state index in [9.17, 15) is 9.59 Å². The van der Waals surface area contributed by atoms with Gasteiger partial charge in [0.15, 0.2) is 0 Å². The Hall–Kier alpha value is -1.23. The molecule has 0 aliphatic rings. The molecule has 0 aliphatic heterocycles. The molecular formula is C5H4N2O2S. The zero-order chi connectivity index (χ0) is 7.56. The summed E-state index contributed by atoms with van der Waals surface area (Å²) in [7, 11) is 0. The molecule has 10 heavy (non-hydrogen) atoms. The first-order chi connectivity index (χ1) is 4.75. The second-order valence-electron chi connectivity index (χ2n) is 1.60. The Morgan fingerprint density at radius 1 is 1.60 bits per heavy atom. The van der Waals surface area contributed by atoms with Crippen molar-refractivity contribution in [3.05, 3.63) is 33.1 Å². The van der Waals surface area contributed by atoms with E-state index in [-0.39, 0.29) is 0 Å². The molecule has 4 nitrogen and oxygen atoms in total. The fraction of sp³-hybridized carbons (Fsp3) is 0. The van der Waals surface area contributed by atoms with Crippen LogP contribution >= 0.6 is 12.2 Å². The monoisotopic (exact) mass is 156 g/mol. The van der Waals surface area contributed by atoms with Crippen LogP contribution in [-0.4, -0.2) is 15.0 Å². The highest BCUT2D eigenvalue weighted by Crippen LogP contribution is 1.60. The molecule has 0 unspecified atom stereocenters. The molecule has 1 heterocycles. The number of nitrogens with zero attached hydrogens (tertiary/aromatic N) is 1. The number of hydrogen-bond donors (Lipinski definition) is 1. The number of rotatable bonds is 1. The molecular weight excluding hydrogens is 152 g/mol. The number of hydrogen-bond acceptors (Lipinski definition) is 3. The molecule has 0 saturated carbocycles. The first-order valence-electron chi connectivity index (χ1n) is 2.51. The van der Waals surface area contributed by atoms with E-state index in [1.54, 1.807) is 0 Å². The van der Waals surface area contributed by atoms with Gasteiger partial charge >= 0.3 is 5.69 Å².